The summed E-state index contributed by atoms with van der Waals surface area (Å²) in [5.41, 5.74) is 2.44. The minimum atomic E-state index is -3.64. The van der Waals surface area contributed by atoms with Crippen molar-refractivity contribution in [2.45, 2.75) is 112 Å². The minimum absolute atomic E-state index is 0.130. The fraction of sp³-hybridized carbons (Fsp3) is 0.551. The van der Waals surface area contributed by atoms with Gasteiger partial charge < -0.3 is 35.9 Å². The zero-order valence-electron chi connectivity index (χ0n) is 41.1. The number of hydrogen-bond donors (Lipinski definition) is 4. The summed E-state index contributed by atoms with van der Waals surface area (Å²) >= 11 is 2.90. The molecule has 4 aromatic rings. The van der Waals surface area contributed by atoms with Crippen LogP contribution < -0.4 is 21.3 Å². The molecule has 8 rings (SSSR count). The molecule has 4 N–H and O–H groups in total. The number of nitrogens with one attached hydrogen (secondary N) is 4. The topological polar surface area (TPSA) is 223 Å². The quantitative estimate of drug-likeness (QED) is 0.0697. The van der Waals surface area contributed by atoms with Crippen molar-refractivity contribution in [2.24, 2.45) is 0 Å². The number of carbonyl (C=O) groups is 4. The van der Waals surface area contributed by atoms with Gasteiger partial charge in [0, 0.05) is 78.5 Å². The van der Waals surface area contributed by atoms with E-state index < -0.39 is 67.9 Å². The van der Waals surface area contributed by atoms with E-state index in [4.69, 9.17) is 9.97 Å². The highest BCUT2D eigenvalue weighted by atomic mass is 32.2. The summed E-state index contributed by atoms with van der Waals surface area (Å²) in [6, 6.07) is 15.3. The molecule has 0 saturated carbocycles. The summed E-state index contributed by atoms with van der Waals surface area (Å²) < 4.78 is 56.0. The Morgan fingerprint density at radius 1 is 0.746 bits per heavy atom. The van der Waals surface area contributed by atoms with Gasteiger partial charge in [-0.15, -0.1) is 22.7 Å². The molecule has 4 aliphatic rings. The van der Waals surface area contributed by atoms with Crippen molar-refractivity contribution >= 4 is 66.7 Å². The SMILES string of the molecule is CN[C@@H](C)C(=O)N[C@@H](CCCC[C@H](NC[C@](C)(C=O)NC)C(=O)N1CC[C@@H]2C1[C@@H](c1nc(-c3ccccc3)cs1)CN2S(C)(=O)=O)C(=O)N1CC[C@@H]2[C@H]1[C@@H](c1nc(-c3ccccc3)cs1)CN2S(C)(=O)=O. The second-order valence-electron chi connectivity index (χ2n) is 19.6. The van der Waals surface area contributed by atoms with E-state index in [0.717, 1.165) is 38.8 Å². The van der Waals surface area contributed by atoms with Crippen LogP contribution in [-0.2, 0) is 39.2 Å². The summed E-state index contributed by atoms with van der Waals surface area (Å²) in [6.07, 6.45) is 5.53. The second kappa shape index (κ2) is 21.9. The highest BCUT2D eigenvalue weighted by molar-refractivity contribution is 7.88. The maximum absolute atomic E-state index is 15.0. The van der Waals surface area contributed by atoms with Gasteiger partial charge in [-0.1, -0.05) is 73.5 Å². The largest absolute Gasteiger partial charge is 0.343 e. The Hall–Kier alpha value is -4.52. The molecule has 0 bridgehead atoms. The number of carbonyl (C=O) groups excluding carboxylic acids is 4. The first-order chi connectivity index (χ1) is 33.8. The van der Waals surface area contributed by atoms with Gasteiger partial charge in [0.2, 0.25) is 37.8 Å². The summed E-state index contributed by atoms with van der Waals surface area (Å²) in [5, 5.41) is 17.8. The van der Waals surface area contributed by atoms with Gasteiger partial charge in [0.05, 0.1) is 63.6 Å². The third-order valence-electron chi connectivity index (χ3n) is 14.9. The number of thiazole rings is 2. The van der Waals surface area contributed by atoms with E-state index in [1.54, 1.807) is 37.7 Å². The Bertz CT molecular complexity index is 2760. The van der Waals surface area contributed by atoms with Crippen molar-refractivity contribution in [1.29, 1.82) is 0 Å². The zero-order chi connectivity index (χ0) is 50.8. The van der Waals surface area contributed by atoms with Crippen LogP contribution in [0.15, 0.2) is 71.4 Å². The predicted octanol–water partition coefficient (Wildman–Crippen LogP) is 3.08. The number of sulfonamides is 2. The van der Waals surface area contributed by atoms with Crippen LogP contribution in [0.4, 0.5) is 0 Å². The van der Waals surface area contributed by atoms with Gasteiger partial charge in [0.1, 0.15) is 12.3 Å². The van der Waals surface area contributed by atoms with Crippen molar-refractivity contribution in [3.63, 3.8) is 0 Å². The second-order valence-corrected chi connectivity index (χ2v) is 25.2. The monoisotopic (exact) mass is 1050 g/mol. The third-order valence-corrected chi connectivity index (χ3v) is 19.4. The lowest BCUT2D eigenvalue weighted by atomic mass is 9.97. The lowest BCUT2D eigenvalue weighted by molar-refractivity contribution is -0.138. The Balaban J connectivity index is 1.02. The molecule has 0 radical (unpaired) electrons. The number of aromatic nitrogens is 2. The number of rotatable bonds is 21. The van der Waals surface area contributed by atoms with Gasteiger partial charge in [0.25, 0.3) is 0 Å². The number of hydrogen-bond acceptors (Lipinski definition) is 15. The average molecular weight is 1050 g/mol. The van der Waals surface area contributed by atoms with Crippen LogP contribution in [0.25, 0.3) is 22.5 Å². The van der Waals surface area contributed by atoms with E-state index in [9.17, 15) is 31.2 Å². The Morgan fingerprint density at radius 3 is 1.62 bits per heavy atom. The normalized spacial score (nSPS) is 24.8. The maximum Gasteiger partial charge on any atom is 0.245 e. The molecular formula is C49H66N10O8S4. The van der Waals surface area contributed by atoms with Gasteiger partial charge >= 0.3 is 0 Å². The number of amides is 3. The molecule has 0 spiro atoms. The summed E-state index contributed by atoms with van der Waals surface area (Å²) in [4.78, 5) is 69.3. The van der Waals surface area contributed by atoms with Crippen LogP contribution >= 0.6 is 22.7 Å². The highest BCUT2D eigenvalue weighted by Gasteiger charge is 2.56. The minimum Gasteiger partial charge on any atom is -0.343 e. The number of nitrogens with zero attached hydrogens (tertiary/aromatic N) is 6. The fourth-order valence-corrected chi connectivity index (χ4v) is 15.0. The van der Waals surface area contributed by atoms with Crippen LogP contribution in [0, 0.1) is 0 Å². The molecule has 1 unspecified atom stereocenters. The van der Waals surface area contributed by atoms with Gasteiger partial charge in [-0.2, -0.15) is 8.61 Å². The van der Waals surface area contributed by atoms with Crippen molar-refractivity contribution in [2.75, 3.05) is 59.3 Å². The van der Waals surface area contributed by atoms with Crippen LogP contribution in [0.2, 0.25) is 0 Å². The molecule has 22 heteroatoms. The first-order valence-corrected chi connectivity index (χ1v) is 29.7. The van der Waals surface area contributed by atoms with Crippen molar-refractivity contribution < 1.29 is 36.0 Å². The van der Waals surface area contributed by atoms with Gasteiger partial charge in [-0.05, 0) is 53.6 Å². The first kappa shape index (κ1) is 52.8. The molecule has 10 atom stereocenters. The average Bonchev–Trinajstić information content (AvgIpc) is 4.23. The lowest BCUT2D eigenvalue weighted by Crippen LogP contribution is -2.56. The van der Waals surface area contributed by atoms with E-state index in [-0.39, 0.29) is 55.6 Å². The first-order valence-electron chi connectivity index (χ1n) is 24.3. The number of aldehydes is 1. The van der Waals surface area contributed by atoms with Gasteiger partial charge in [-0.25, -0.2) is 26.8 Å². The van der Waals surface area contributed by atoms with Crippen molar-refractivity contribution in [3.8, 4) is 22.5 Å². The molecule has 3 amide bonds. The number of fused-ring (bicyclic) bond motifs is 2. The highest BCUT2D eigenvalue weighted by Crippen LogP contribution is 2.46. The molecule has 4 aliphatic heterocycles. The Morgan fingerprint density at radius 2 is 1.20 bits per heavy atom. The van der Waals surface area contributed by atoms with Gasteiger partial charge in [0.15, 0.2) is 0 Å². The number of benzene rings is 2. The molecular weight excluding hydrogens is 985 g/mol. The van der Waals surface area contributed by atoms with E-state index in [1.165, 1.54) is 43.8 Å². The smallest absolute Gasteiger partial charge is 0.245 e. The summed E-state index contributed by atoms with van der Waals surface area (Å²) in [5.74, 6) is -1.64. The molecule has 2 aromatic carbocycles. The molecule has 71 heavy (non-hydrogen) atoms. The van der Waals surface area contributed by atoms with Crippen LogP contribution in [0.5, 0.6) is 0 Å². The molecule has 384 valence electrons. The Labute approximate surface area is 425 Å². The molecule has 2 aromatic heterocycles. The lowest BCUT2D eigenvalue weighted by Gasteiger charge is -2.33. The number of unbranched alkanes of at least 4 members (excludes halogenated alkanes) is 1. The van der Waals surface area contributed by atoms with E-state index in [1.807, 2.05) is 71.4 Å². The number of likely N-dealkylation sites (tertiary alicyclic amines) is 2. The standard InChI is InChI=1S/C49H66N10O8S4/c1-31(50-3)44(61)53-37(48(63)57-24-22-41-43(57)35(26-59(41)71(6,66)67)46-55-39(28-69-46)33-17-11-8-12-18-33)20-14-13-19-36(52-29-49(2,30-60)51-4)47(62)56-23-21-40-42(56)34(25-58(40)70(5,64)65)45-54-38(27-68-45)32-15-9-7-10-16-32/h7-12,15-18,27-28,30-31,34-37,40-43,50-52H,13-14,19-26,29H2,1-6H3,(H,53,61)/t31-,34-,35-,36-,37-,40+,41+,42?,43+,49+/m0/s1. The number of likely N-dealkylation sites (N-methyl/N-ethyl adjacent to an activating group) is 2. The van der Waals surface area contributed by atoms with Crippen LogP contribution in [-0.4, -0.2) is 176 Å². The molecule has 0 aliphatic carbocycles. The van der Waals surface area contributed by atoms with E-state index in [0.29, 0.717) is 45.2 Å². The molecule has 4 fully saturated rings. The summed E-state index contributed by atoms with van der Waals surface area (Å²) in [7, 11) is -3.94. The van der Waals surface area contributed by atoms with Crippen LogP contribution in [0.3, 0.4) is 0 Å². The fourth-order valence-electron chi connectivity index (χ4n) is 10.8. The third kappa shape index (κ3) is 11.3. The van der Waals surface area contributed by atoms with Crippen LogP contribution in [0.1, 0.15) is 74.2 Å². The molecule has 4 saturated heterocycles. The van der Waals surface area contributed by atoms with Gasteiger partial charge in [-0.3, -0.25) is 14.4 Å². The Kier molecular flexibility index (Phi) is 16.3. The van der Waals surface area contributed by atoms with Crippen molar-refractivity contribution in [3.05, 3.63) is 81.4 Å². The van der Waals surface area contributed by atoms with E-state index >= 15 is 4.79 Å². The molecule has 6 heterocycles. The van der Waals surface area contributed by atoms with Crippen molar-refractivity contribution in [1.82, 2.24) is 49.6 Å². The molecule has 18 nitrogen and oxygen atoms in total. The maximum atomic E-state index is 15.0. The summed E-state index contributed by atoms with van der Waals surface area (Å²) in [6.45, 7) is 4.57. The zero-order valence-corrected chi connectivity index (χ0v) is 44.3. The predicted molar refractivity (Wildman–Crippen MR) is 276 cm³/mol. The van der Waals surface area contributed by atoms with E-state index in [2.05, 4.69) is 21.3 Å².